The fourth-order valence-electron chi connectivity index (χ4n) is 3.86. The molecule has 2 aliphatic heterocycles. The third-order valence-corrected chi connectivity index (χ3v) is 6.59. The van der Waals surface area contributed by atoms with Gasteiger partial charge in [-0.25, -0.2) is 9.79 Å². The quantitative estimate of drug-likeness (QED) is 0.718. The number of imide groups is 1. The number of thioether (sulfide) groups is 1. The molecule has 4 rings (SSSR count). The maximum atomic E-state index is 12.9. The first-order chi connectivity index (χ1) is 14.5. The van der Waals surface area contributed by atoms with Crippen LogP contribution >= 0.6 is 11.8 Å². The Morgan fingerprint density at radius 2 is 2.10 bits per heavy atom. The Kier molecular flexibility index (Phi) is 5.85. The summed E-state index contributed by atoms with van der Waals surface area (Å²) in [6.07, 6.45) is 5.77. The minimum Gasteiger partial charge on any atom is -0.467 e. The SMILES string of the molecule is CN1C(=O)C2C(SCC(=O)NCc3ccco3)=NC(C3CCCC3)=NC2=[N+](C)C1=O. The van der Waals surface area contributed by atoms with Gasteiger partial charge in [0.25, 0.3) is 5.84 Å². The molecule has 1 fully saturated rings. The van der Waals surface area contributed by atoms with Crippen LogP contribution in [0.1, 0.15) is 31.4 Å². The van der Waals surface area contributed by atoms with Gasteiger partial charge in [-0.2, -0.15) is 9.48 Å². The molecular formula is C20H24N5O4S+. The van der Waals surface area contributed by atoms with Crippen LogP contribution in [0, 0.1) is 11.8 Å². The number of nitrogens with one attached hydrogen (secondary N) is 1. The molecule has 10 heteroatoms. The van der Waals surface area contributed by atoms with E-state index in [0.29, 0.717) is 29.0 Å². The van der Waals surface area contributed by atoms with Crippen molar-refractivity contribution in [2.24, 2.45) is 21.8 Å². The van der Waals surface area contributed by atoms with Crippen LogP contribution in [-0.2, 0) is 16.1 Å². The lowest BCUT2D eigenvalue weighted by Crippen LogP contribution is -2.55. The van der Waals surface area contributed by atoms with Crippen LogP contribution in [0.25, 0.3) is 0 Å². The van der Waals surface area contributed by atoms with Crippen molar-refractivity contribution in [1.29, 1.82) is 0 Å². The van der Waals surface area contributed by atoms with Gasteiger partial charge in [0.05, 0.1) is 32.7 Å². The van der Waals surface area contributed by atoms with Gasteiger partial charge in [-0.1, -0.05) is 29.6 Å². The molecule has 1 saturated carbocycles. The van der Waals surface area contributed by atoms with Crippen molar-refractivity contribution in [3.05, 3.63) is 24.2 Å². The van der Waals surface area contributed by atoms with Crippen molar-refractivity contribution in [3.63, 3.8) is 0 Å². The van der Waals surface area contributed by atoms with E-state index in [1.165, 1.54) is 23.4 Å². The molecule has 9 nitrogen and oxygen atoms in total. The molecule has 1 N–H and O–H groups in total. The van der Waals surface area contributed by atoms with Gasteiger partial charge in [-0.05, 0) is 25.0 Å². The lowest BCUT2D eigenvalue weighted by Gasteiger charge is -2.27. The number of hydrogen-bond acceptors (Lipinski definition) is 7. The smallest absolute Gasteiger partial charge is 0.445 e. The van der Waals surface area contributed by atoms with Crippen molar-refractivity contribution >= 4 is 46.3 Å². The van der Waals surface area contributed by atoms with Gasteiger partial charge < -0.3 is 9.73 Å². The molecule has 0 radical (unpaired) electrons. The number of furan rings is 1. The predicted molar refractivity (Wildman–Crippen MR) is 113 cm³/mol. The summed E-state index contributed by atoms with van der Waals surface area (Å²) in [4.78, 5) is 48.0. The van der Waals surface area contributed by atoms with Crippen LogP contribution in [-0.4, -0.2) is 63.9 Å². The molecule has 1 aromatic rings. The van der Waals surface area contributed by atoms with E-state index in [-0.39, 0.29) is 23.5 Å². The van der Waals surface area contributed by atoms with E-state index >= 15 is 0 Å². The maximum Gasteiger partial charge on any atom is 0.445 e. The number of carbonyl (C=O) groups is 3. The van der Waals surface area contributed by atoms with Crippen LogP contribution in [0.3, 0.4) is 0 Å². The first-order valence-corrected chi connectivity index (χ1v) is 11.0. The van der Waals surface area contributed by atoms with E-state index in [1.54, 1.807) is 25.4 Å². The highest BCUT2D eigenvalue weighted by Crippen LogP contribution is 2.32. The van der Waals surface area contributed by atoms with Crippen LogP contribution in [0.2, 0.25) is 0 Å². The van der Waals surface area contributed by atoms with E-state index < -0.39 is 11.9 Å². The number of fused-ring (bicyclic) bond motifs is 1. The molecule has 0 bridgehead atoms. The molecule has 30 heavy (non-hydrogen) atoms. The van der Waals surface area contributed by atoms with E-state index in [9.17, 15) is 14.4 Å². The van der Waals surface area contributed by atoms with Crippen molar-refractivity contribution in [1.82, 2.24) is 10.2 Å². The largest absolute Gasteiger partial charge is 0.467 e. The van der Waals surface area contributed by atoms with Crippen molar-refractivity contribution in [2.75, 3.05) is 19.8 Å². The van der Waals surface area contributed by atoms with E-state index in [0.717, 1.165) is 30.6 Å². The van der Waals surface area contributed by atoms with Gasteiger partial charge in [-0.15, -0.1) is 0 Å². The molecule has 1 aromatic heterocycles. The number of aliphatic imine (C=N–C) groups is 2. The molecule has 0 spiro atoms. The fourth-order valence-corrected chi connectivity index (χ4v) is 4.77. The number of rotatable bonds is 5. The highest BCUT2D eigenvalue weighted by atomic mass is 32.2. The Morgan fingerprint density at radius 1 is 1.33 bits per heavy atom. The zero-order valence-corrected chi connectivity index (χ0v) is 17.8. The Hall–Kier alpha value is -2.75. The Labute approximate surface area is 178 Å². The van der Waals surface area contributed by atoms with Crippen LogP contribution in [0.15, 0.2) is 32.8 Å². The van der Waals surface area contributed by atoms with Crippen molar-refractivity contribution in [3.8, 4) is 0 Å². The zero-order valence-electron chi connectivity index (χ0n) is 17.0. The second-order valence-electron chi connectivity index (χ2n) is 7.58. The zero-order chi connectivity index (χ0) is 21.3. The van der Waals surface area contributed by atoms with Crippen molar-refractivity contribution in [2.45, 2.75) is 32.2 Å². The van der Waals surface area contributed by atoms with Crippen LogP contribution < -0.4 is 5.32 Å². The molecule has 1 aliphatic carbocycles. The number of amides is 4. The molecule has 1 unspecified atom stereocenters. The fraction of sp³-hybridized carbons (Fsp3) is 0.500. The maximum absolute atomic E-state index is 12.9. The summed E-state index contributed by atoms with van der Waals surface area (Å²) in [5.41, 5.74) is 0. The lowest BCUT2D eigenvalue weighted by atomic mass is 10.0. The summed E-state index contributed by atoms with van der Waals surface area (Å²) in [5, 5.41) is 3.31. The second kappa shape index (κ2) is 8.55. The number of hydrogen-bond donors (Lipinski definition) is 1. The average Bonchev–Trinajstić information content (AvgIpc) is 3.46. The third kappa shape index (κ3) is 3.96. The Morgan fingerprint density at radius 3 is 2.80 bits per heavy atom. The summed E-state index contributed by atoms with van der Waals surface area (Å²) in [6, 6.07) is 3.13. The molecule has 3 heterocycles. The van der Waals surface area contributed by atoms with Crippen LogP contribution in [0.4, 0.5) is 4.79 Å². The highest BCUT2D eigenvalue weighted by Gasteiger charge is 2.49. The van der Waals surface area contributed by atoms with Gasteiger partial charge in [-0.3, -0.25) is 9.59 Å². The summed E-state index contributed by atoms with van der Waals surface area (Å²) in [7, 11) is 3.07. The lowest BCUT2D eigenvalue weighted by molar-refractivity contribution is -0.407. The summed E-state index contributed by atoms with van der Waals surface area (Å²) >= 11 is 1.22. The second-order valence-corrected chi connectivity index (χ2v) is 8.57. The summed E-state index contributed by atoms with van der Waals surface area (Å²) in [6.45, 7) is 0.299. The minimum atomic E-state index is -0.759. The topological polar surface area (TPSA) is 107 Å². The van der Waals surface area contributed by atoms with Crippen LogP contribution in [0.5, 0.6) is 0 Å². The minimum absolute atomic E-state index is 0.107. The Balaban J connectivity index is 1.54. The standard InChI is InChI=1S/C20H23N5O4S/c1-24-17-15(19(27)25(2)20(24)28)18(23-16(22-17)12-6-3-4-7-12)30-11-14(26)21-10-13-8-5-9-29-13/h5,8-9,12,15H,3-4,6-7,10-11H2,1-2H3/p+1. The van der Waals surface area contributed by atoms with Crippen molar-refractivity contribution < 1.29 is 23.4 Å². The highest BCUT2D eigenvalue weighted by molar-refractivity contribution is 8.14. The molecule has 3 aliphatic rings. The number of urea groups is 1. The molecule has 0 saturated heterocycles. The molecular weight excluding hydrogens is 406 g/mol. The molecule has 0 aromatic carbocycles. The third-order valence-electron chi connectivity index (χ3n) is 5.57. The number of nitrogens with zero attached hydrogens (tertiary/aromatic N) is 4. The van der Waals surface area contributed by atoms with E-state index in [2.05, 4.69) is 10.3 Å². The monoisotopic (exact) mass is 430 g/mol. The Bertz CT molecular complexity index is 960. The summed E-state index contributed by atoms with van der Waals surface area (Å²) < 4.78 is 6.63. The molecule has 158 valence electrons. The predicted octanol–water partition coefficient (Wildman–Crippen LogP) is 1.88. The van der Waals surface area contributed by atoms with Gasteiger partial charge in [0.15, 0.2) is 5.92 Å². The number of carbonyl (C=O) groups excluding carboxylic acids is 3. The van der Waals surface area contributed by atoms with Gasteiger partial charge in [0.2, 0.25) is 11.7 Å². The molecule has 4 amide bonds. The first kappa shape index (κ1) is 20.5. The first-order valence-electron chi connectivity index (χ1n) is 9.97. The van der Waals surface area contributed by atoms with E-state index in [4.69, 9.17) is 9.41 Å². The number of amidine groups is 2. The normalized spacial score (nSPS) is 22.2. The molecule has 1 atom stereocenters. The van der Waals surface area contributed by atoms with Gasteiger partial charge in [0, 0.05) is 5.92 Å². The van der Waals surface area contributed by atoms with Gasteiger partial charge >= 0.3 is 11.9 Å². The summed E-state index contributed by atoms with van der Waals surface area (Å²) in [5.74, 6) is 0.740. The van der Waals surface area contributed by atoms with Gasteiger partial charge in [0.1, 0.15) is 10.8 Å². The average molecular weight is 431 g/mol. The van der Waals surface area contributed by atoms with E-state index in [1.807, 2.05) is 0 Å².